The van der Waals surface area contributed by atoms with Crippen LogP contribution in [0.15, 0.2) is 78.1 Å². The number of piperidine rings is 3. The lowest BCUT2D eigenvalue weighted by Crippen LogP contribution is -2.49. The van der Waals surface area contributed by atoms with Gasteiger partial charge in [0.15, 0.2) is 27.3 Å². The third-order valence-corrected chi connectivity index (χ3v) is 22.8. The number of aromatic nitrogens is 12. The number of benzene rings is 3. The Kier molecular flexibility index (Phi) is 21.8. The molecule has 600 valence electrons. The molecule has 0 radical (unpaired) electrons. The zero-order valence-corrected chi connectivity index (χ0v) is 62.3. The van der Waals surface area contributed by atoms with Crippen LogP contribution in [0.2, 0.25) is 10.0 Å². The van der Waals surface area contributed by atoms with Gasteiger partial charge in [-0.3, -0.25) is 29.3 Å². The molecule has 0 unspecified atom stereocenters. The summed E-state index contributed by atoms with van der Waals surface area (Å²) in [6, 6.07) is 12.1. The maximum atomic E-state index is 13.4. The highest BCUT2D eigenvalue weighted by atomic mass is 35.5. The van der Waals surface area contributed by atoms with Crippen LogP contribution >= 0.6 is 23.2 Å². The topological polar surface area (TPSA) is 245 Å². The van der Waals surface area contributed by atoms with Gasteiger partial charge in [0, 0.05) is 143 Å². The summed E-state index contributed by atoms with van der Waals surface area (Å²) in [5, 5.41) is 23.3. The molecule has 24 nitrogen and oxygen atoms in total. The Balaban J connectivity index is 0.000000147. The Morgan fingerprint density at radius 2 is 0.804 bits per heavy atom. The van der Waals surface area contributed by atoms with Crippen LogP contribution in [0.3, 0.4) is 0 Å². The standard InChI is InChI=1S/C24H24F6N6O.C23H21ClF6N6O2.C23H24ClF3N6O3S/c1-13-10-31-18-9-15(23(25,26)27)3-4-17(18)20(13)34-6-5-16(14(2)11-34)21(37)35-7-8-36-19(12-35)32-33-22(36)24(28,29)30;1-12-10-34(19-15-3-2-13(38-23(28,29)30)8-17(15)31-9-16(19)24)5-4-14(12)20(37)35-6-7-36-18(11-35)32-33-21(36)22(25,26)27;1-13-11-31(20-16-4-3-14(37(2,35)36)9-18(16)28-10-17(20)24)6-5-15(13)21(34)32-7-8-33-19(12-32)29-30-22(33)23(25,26)27/h3-4,9-10,14,16H,5-8,11-12H2,1-2H3;2-3,8-9,12,14H,4-7,10-11H2,1H3;3-4,9-10,13,15H,5-8,11-12H2,1-2H3/t14-,16+;12-,14+;13-,15+/m111/s1. The minimum absolute atomic E-state index is 0.00970. The summed E-state index contributed by atoms with van der Waals surface area (Å²) in [6.07, 6.45) is -16.1. The lowest BCUT2D eigenvalue weighted by atomic mass is 9.85. The number of sulfone groups is 1. The highest BCUT2D eigenvalue weighted by molar-refractivity contribution is 7.90. The molecule has 0 N–H and O–H groups in total. The molecular formula is C70H69Cl2F15N18O6S. The quantitative estimate of drug-likeness (QED) is 0.128. The highest BCUT2D eigenvalue weighted by Crippen LogP contribution is 2.44. The molecule has 6 aliphatic heterocycles. The van der Waals surface area contributed by atoms with E-state index in [0.717, 1.165) is 49.0 Å². The SMILES string of the molecule is C[C@@H]1CN(c2c(Cl)cnc3cc(OC(F)(F)F)ccc23)CC[C@@H]1C(=O)N1CCn2c(nnc2C(F)(F)F)C1.C[C@@H]1CN(c2c(Cl)cnc3cc(S(C)(=O)=O)ccc23)CC[C@@H]1C(=O)N1CCn2c(nnc2C(F)(F)F)C1.Cc1cnc2cc(C(F)(F)F)ccc2c1N1CC[C@H](C(=O)N2CCn3c(nnc3C(F)(F)F)C2)[C@H](C)C1. The number of fused-ring (bicyclic) bond motifs is 6. The monoisotopic (exact) mass is 1640 g/mol. The van der Waals surface area contributed by atoms with E-state index in [0.29, 0.717) is 95.9 Å². The van der Waals surface area contributed by atoms with Crippen molar-refractivity contribution < 1.29 is 93.4 Å². The normalized spacial score (nSPS) is 20.7. The second-order valence-electron chi connectivity index (χ2n) is 28.6. The molecule has 3 aromatic carbocycles. The van der Waals surface area contributed by atoms with Crippen LogP contribution in [0.1, 0.15) is 86.1 Å². The van der Waals surface area contributed by atoms with Crippen LogP contribution < -0.4 is 19.4 Å². The molecule has 6 atom stereocenters. The minimum atomic E-state index is -4.84. The highest BCUT2D eigenvalue weighted by Gasteiger charge is 2.46. The average Bonchev–Trinajstić information content (AvgIpc) is 1.47. The first-order valence-corrected chi connectivity index (χ1v) is 37.8. The van der Waals surface area contributed by atoms with Crippen LogP contribution in [0.5, 0.6) is 5.75 Å². The van der Waals surface area contributed by atoms with Crippen molar-refractivity contribution in [2.45, 2.75) is 122 Å². The predicted molar refractivity (Wildman–Crippen MR) is 375 cm³/mol. The first kappa shape index (κ1) is 80.4. The van der Waals surface area contributed by atoms with Crippen molar-refractivity contribution in [2.75, 3.05) is 79.9 Å². The third kappa shape index (κ3) is 16.6. The van der Waals surface area contributed by atoms with Crippen LogP contribution in [0.4, 0.5) is 82.9 Å². The van der Waals surface area contributed by atoms with Gasteiger partial charge in [0.25, 0.3) is 0 Å². The number of carbonyl (C=O) groups excluding carboxylic acids is 3. The van der Waals surface area contributed by atoms with E-state index in [-0.39, 0.29) is 146 Å². The zero-order valence-electron chi connectivity index (χ0n) is 60.0. The number of pyridine rings is 3. The van der Waals surface area contributed by atoms with E-state index in [1.807, 2.05) is 32.6 Å². The van der Waals surface area contributed by atoms with Gasteiger partial charge in [0.05, 0.1) is 73.8 Å². The number of carbonyl (C=O) groups is 3. The van der Waals surface area contributed by atoms with Crippen LogP contribution in [-0.2, 0) is 88.2 Å². The molecule has 3 saturated heterocycles. The fourth-order valence-corrected chi connectivity index (χ4v) is 16.9. The lowest BCUT2D eigenvalue weighted by Gasteiger charge is -2.41. The molecule has 0 aliphatic carbocycles. The Labute approximate surface area is 637 Å². The molecule has 12 heterocycles. The van der Waals surface area contributed by atoms with E-state index in [1.165, 1.54) is 58.6 Å². The van der Waals surface area contributed by atoms with Gasteiger partial charge in [-0.05, 0) is 92.0 Å². The number of anilines is 3. The van der Waals surface area contributed by atoms with Crippen molar-refractivity contribution in [1.29, 1.82) is 0 Å². The molecule has 3 fully saturated rings. The van der Waals surface area contributed by atoms with Gasteiger partial charge in [0.1, 0.15) is 5.75 Å². The number of rotatable bonds is 8. The summed E-state index contributed by atoms with van der Waals surface area (Å²) < 4.78 is 226. The van der Waals surface area contributed by atoms with E-state index >= 15 is 0 Å². The first-order chi connectivity index (χ1) is 52.5. The van der Waals surface area contributed by atoms with E-state index in [1.54, 1.807) is 17.2 Å². The molecule has 112 heavy (non-hydrogen) atoms. The second kappa shape index (κ2) is 30.4. The number of amides is 3. The smallest absolute Gasteiger partial charge is 0.406 e. The fraction of sp³-hybridized carbons (Fsp3) is 0.486. The largest absolute Gasteiger partial charge is 0.573 e. The minimum Gasteiger partial charge on any atom is -0.406 e. The number of nitrogens with zero attached hydrogens (tertiary/aromatic N) is 18. The van der Waals surface area contributed by atoms with E-state index in [4.69, 9.17) is 23.2 Å². The summed E-state index contributed by atoms with van der Waals surface area (Å²) in [7, 11) is -3.40. The van der Waals surface area contributed by atoms with Crippen molar-refractivity contribution in [3.05, 3.63) is 129 Å². The maximum Gasteiger partial charge on any atom is 0.573 e. The average molecular weight is 1650 g/mol. The van der Waals surface area contributed by atoms with E-state index < -0.39 is 69.7 Å². The van der Waals surface area contributed by atoms with E-state index in [9.17, 15) is 88.7 Å². The van der Waals surface area contributed by atoms with Crippen molar-refractivity contribution in [2.24, 2.45) is 35.5 Å². The first-order valence-electron chi connectivity index (χ1n) is 35.2. The summed E-state index contributed by atoms with van der Waals surface area (Å²) in [4.78, 5) is 63.6. The number of aryl methyl sites for hydroxylation is 1. The number of alkyl halides is 15. The molecule has 6 aliphatic rings. The lowest BCUT2D eigenvalue weighted by molar-refractivity contribution is -0.274. The van der Waals surface area contributed by atoms with Crippen LogP contribution in [0, 0.1) is 42.4 Å². The summed E-state index contributed by atoms with van der Waals surface area (Å²) in [5.41, 5.74) is 3.20. The van der Waals surface area contributed by atoms with Gasteiger partial charge in [-0.1, -0.05) is 50.0 Å². The van der Waals surface area contributed by atoms with E-state index in [2.05, 4.69) is 60.1 Å². The van der Waals surface area contributed by atoms with Gasteiger partial charge in [-0.2, -0.15) is 52.7 Å². The van der Waals surface area contributed by atoms with Gasteiger partial charge in [0.2, 0.25) is 35.2 Å². The van der Waals surface area contributed by atoms with Crippen molar-refractivity contribution in [1.82, 2.24) is 73.9 Å². The Morgan fingerprint density at radius 3 is 1.18 bits per heavy atom. The summed E-state index contributed by atoms with van der Waals surface area (Å²) in [5.74, 6) is -4.99. The second-order valence-corrected chi connectivity index (χ2v) is 31.4. The van der Waals surface area contributed by atoms with Crippen LogP contribution in [0.25, 0.3) is 32.7 Å². The summed E-state index contributed by atoms with van der Waals surface area (Å²) in [6.45, 7) is 10.8. The molecule has 0 saturated carbocycles. The van der Waals surface area contributed by atoms with Crippen molar-refractivity contribution in [3.63, 3.8) is 0 Å². The van der Waals surface area contributed by atoms with Gasteiger partial charge in [-0.15, -0.1) is 43.8 Å². The molecule has 0 bridgehead atoms. The van der Waals surface area contributed by atoms with Crippen molar-refractivity contribution >= 4 is 101 Å². The maximum absolute atomic E-state index is 13.4. The number of hydrogen-bond acceptors (Lipinski definition) is 18. The number of ether oxygens (including phenoxy) is 1. The Morgan fingerprint density at radius 1 is 0.446 bits per heavy atom. The molecule has 0 spiro atoms. The number of hydrogen-bond donors (Lipinski definition) is 0. The molecule has 3 amide bonds. The summed E-state index contributed by atoms with van der Waals surface area (Å²) >= 11 is 13.0. The zero-order chi connectivity index (χ0) is 80.8. The molecule has 42 heteroatoms. The fourth-order valence-electron chi connectivity index (χ4n) is 15.7. The molecule has 15 rings (SSSR count). The molecular weight excluding hydrogens is 1580 g/mol. The Bertz CT molecular complexity index is 5230. The predicted octanol–water partition coefficient (Wildman–Crippen LogP) is 13.0. The van der Waals surface area contributed by atoms with Gasteiger partial charge in [-0.25, -0.2) is 8.42 Å². The van der Waals surface area contributed by atoms with Crippen molar-refractivity contribution in [3.8, 4) is 5.75 Å². The number of halogens is 17. The van der Waals surface area contributed by atoms with Crippen LogP contribution in [-0.4, -0.2) is 172 Å². The molecule has 9 aromatic rings. The Hall–Kier alpha value is -9.60. The van der Waals surface area contributed by atoms with Gasteiger partial charge < -0.3 is 47.8 Å². The third-order valence-electron chi connectivity index (χ3n) is 21.1. The molecule has 6 aromatic heterocycles. The van der Waals surface area contributed by atoms with Gasteiger partial charge >= 0.3 is 31.1 Å².